The number of carbonyl (C=O) groups is 1. The number of benzene rings is 3. The third kappa shape index (κ3) is 6.42. The Labute approximate surface area is 166 Å². The fourth-order valence-corrected chi connectivity index (χ4v) is 2.50. The predicted octanol–water partition coefficient (Wildman–Crippen LogP) is 4.94. The van der Waals surface area contributed by atoms with E-state index in [-0.39, 0.29) is 18.3 Å². The van der Waals surface area contributed by atoms with Crippen molar-refractivity contribution in [1.29, 1.82) is 0 Å². The summed E-state index contributed by atoms with van der Waals surface area (Å²) in [5.74, 6) is -0.300. The van der Waals surface area contributed by atoms with Gasteiger partial charge < -0.3 is 14.9 Å². The lowest BCUT2D eigenvalue weighted by molar-refractivity contribution is -0.120. The number of nitrogens with zero attached hydrogens (tertiary/aromatic N) is 1. The maximum Gasteiger partial charge on any atom is 0.387 e. The van der Waals surface area contributed by atoms with Crippen LogP contribution in [0.1, 0.15) is 5.56 Å². The molecule has 7 heteroatoms. The zero-order valence-corrected chi connectivity index (χ0v) is 15.3. The lowest BCUT2D eigenvalue weighted by Gasteiger charge is -2.06. The van der Waals surface area contributed by atoms with Crippen molar-refractivity contribution in [2.75, 3.05) is 11.9 Å². The fourth-order valence-electron chi connectivity index (χ4n) is 2.50. The van der Waals surface area contributed by atoms with Gasteiger partial charge >= 0.3 is 6.61 Å². The SMILES string of the molecule is O=C(CO/N=C/c1ccc(OC(F)F)cc1)Nc1ccc(-c2ccccc2)cc1. The number of amides is 1. The summed E-state index contributed by atoms with van der Waals surface area (Å²) in [6.07, 6.45) is 1.37. The number of nitrogens with one attached hydrogen (secondary N) is 1. The molecular formula is C22H18F2N2O3. The molecule has 0 aliphatic heterocycles. The molecule has 1 amide bonds. The number of rotatable bonds is 8. The first-order chi connectivity index (χ1) is 14.1. The van der Waals surface area contributed by atoms with Crippen LogP contribution in [0.15, 0.2) is 84.0 Å². The third-order valence-electron chi connectivity index (χ3n) is 3.85. The van der Waals surface area contributed by atoms with Gasteiger partial charge in [0.25, 0.3) is 5.91 Å². The van der Waals surface area contributed by atoms with Gasteiger partial charge in [0.2, 0.25) is 0 Å². The van der Waals surface area contributed by atoms with Crippen LogP contribution in [-0.2, 0) is 9.63 Å². The van der Waals surface area contributed by atoms with Crippen LogP contribution in [0.4, 0.5) is 14.5 Å². The highest BCUT2D eigenvalue weighted by molar-refractivity contribution is 5.92. The third-order valence-corrected chi connectivity index (χ3v) is 3.85. The Morgan fingerprint density at radius 3 is 2.24 bits per heavy atom. The van der Waals surface area contributed by atoms with E-state index in [0.717, 1.165) is 11.1 Å². The molecule has 0 heterocycles. The van der Waals surface area contributed by atoms with E-state index in [4.69, 9.17) is 4.84 Å². The summed E-state index contributed by atoms with van der Waals surface area (Å²) in [5.41, 5.74) is 3.41. The Morgan fingerprint density at radius 1 is 0.931 bits per heavy atom. The fraction of sp³-hybridized carbons (Fsp3) is 0.0909. The molecule has 0 saturated carbocycles. The number of anilines is 1. The monoisotopic (exact) mass is 396 g/mol. The van der Waals surface area contributed by atoms with Crippen molar-refractivity contribution >= 4 is 17.8 Å². The van der Waals surface area contributed by atoms with E-state index in [2.05, 4.69) is 15.2 Å². The highest BCUT2D eigenvalue weighted by Crippen LogP contribution is 2.21. The second-order valence-corrected chi connectivity index (χ2v) is 5.95. The van der Waals surface area contributed by atoms with Gasteiger partial charge in [0.05, 0.1) is 6.21 Å². The van der Waals surface area contributed by atoms with Crippen molar-refractivity contribution in [3.8, 4) is 16.9 Å². The molecule has 0 spiro atoms. The molecule has 1 N–H and O–H groups in total. The molecule has 0 atom stereocenters. The van der Waals surface area contributed by atoms with Crippen LogP contribution in [-0.4, -0.2) is 25.3 Å². The van der Waals surface area contributed by atoms with E-state index >= 15 is 0 Å². The zero-order valence-electron chi connectivity index (χ0n) is 15.3. The highest BCUT2D eigenvalue weighted by Gasteiger charge is 2.04. The van der Waals surface area contributed by atoms with E-state index in [0.29, 0.717) is 11.3 Å². The van der Waals surface area contributed by atoms with Crippen LogP contribution < -0.4 is 10.1 Å². The summed E-state index contributed by atoms with van der Waals surface area (Å²) < 4.78 is 28.4. The van der Waals surface area contributed by atoms with Gasteiger partial charge in [-0.1, -0.05) is 47.6 Å². The summed E-state index contributed by atoms with van der Waals surface area (Å²) in [5, 5.41) is 6.41. The Balaban J connectivity index is 1.44. The average Bonchev–Trinajstić information content (AvgIpc) is 2.73. The number of carbonyl (C=O) groups excluding carboxylic acids is 1. The molecule has 3 rings (SSSR count). The van der Waals surface area contributed by atoms with Gasteiger partial charge in [0.15, 0.2) is 6.61 Å². The number of hydrogen-bond acceptors (Lipinski definition) is 4. The second kappa shape index (κ2) is 9.98. The zero-order chi connectivity index (χ0) is 20.5. The lowest BCUT2D eigenvalue weighted by Crippen LogP contribution is -2.16. The maximum absolute atomic E-state index is 12.1. The molecule has 0 aliphatic carbocycles. The number of halogens is 2. The van der Waals surface area contributed by atoms with Gasteiger partial charge in [-0.2, -0.15) is 8.78 Å². The van der Waals surface area contributed by atoms with Crippen molar-refractivity contribution in [3.63, 3.8) is 0 Å². The van der Waals surface area contributed by atoms with Crippen LogP contribution in [0.5, 0.6) is 5.75 Å². The van der Waals surface area contributed by atoms with Crippen molar-refractivity contribution in [1.82, 2.24) is 0 Å². The summed E-state index contributed by atoms with van der Waals surface area (Å²) in [7, 11) is 0. The van der Waals surface area contributed by atoms with E-state index in [9.17, 15) is 13.6 Å². The standard InChI is InChI=1S/C22H18F2N2O3/c23-22(24)29-20-12-6-16(7-13-20)14-25-28-15-21(27)26-19-10-8-18(9-11-19)17-4-2-1-3-5-17/h1-14,22H,15H2,(H,26,27)/b25-14+. The van der Waals surface area contributed by atoms with Gasteiger partial charge in [0, 0.05) is 5.69 Å². The molecule has 3 aromatic carbocycles. The van der Waals surface area contributed by atoms with Gasteiger partial charge in [-0.05, 0) is 53.1 Å². The number of oxime groups is 1. The number of alkyl halides is 2. The normalized spacial score (nSPS) is 10.9. The van der Waals surface area contributed by atoms with Crippen LogP contribution in [0, 0.1) is 0 Å². The Kier molecular flexibility index (Phi) is 6.89. The molecule has 0 radical (unpaired) electrons. The second-order valence-electron chi connectivity index (χ2n) is 5.95. The Morgan fingerprint density at radius 2 is 1.59 bits per heavy atom. The first kappa shape index (κ1) is 20.0. The molecule has 0 fully saturated rings. The highest BCUT2D eigenvalue weighted by atomic mass is 19.3. The van der Waals surface area contributed by atoms with Crippen molar-refractivity contribution in [3.05, 3.63) is 84.4 Å². The topological polar surface area (TPSA) is 59.9 Å². The van der Waals surface area contributed by atoms with Gasteiger partial charge in [-0.25, -0.2) is 0 Å². The molecule has 0 aromatic heterocycles. The first-order valence-corrected chi connectivity index (χ1v) is 8.76. The van der Waals surface area contributed by atoms with Crippen LogP contribution >= 0.6 is 0 Å². The summed E-state index contributed by atoms with van der Waals surface area (Å²) in [4.78, 5) is 16.9. The van der Waals surface area contributed by atoms with Crippen LogP contribution in [0.2, 0.25) is 0 Å². The first-order valence-electron chi connectivity index (χ1n) is 8.76. The van der Waals surface area contributed by atoms with Gasteiger partial charge in [-0.3, -0.25) is 4.79 Å². The summed E-state index contributed by atoms with van der Waals surface area (Å²) in [6, 6.07) is 23.2. The molecule has 5 nitrogen and oxygen atoms in total. The average molecular weight is 396 g/mol. The van der Waals surface area contributed by atoms with E-state index in [1.807, 2.05) is 54.6 Å². The molecule has 29 heavy (non-hydrogen) atoms. The summed E-state index contributed by atoms with van der Waals surface area (Å²) in [6.45, 7) is -3.13. The Bertz CT molecular complexity index is 944. The van der Waals surface area contributed by atoms with Crippen LogP contribution in [0.25, 0.3) is 11.1 Å². The van der Waals surface area contributed by atoms with Gasteiger partial charge in [-0.15, -0.1) is 0 Å². The molecule has 148 valence electrons. The quantitative estimate of drug-likeness (QED) is 0.433. The van der Waals surface area contributed by atoms with Crippen molar-refractivity contribution in [2.24, 2.45) is 5.16 Å². The van der Waals surface area contributed by atoms with Gasteiger partial charge in [0.1, 0.15) is 5.75 Å². The molecule has 0 aliphatic rings. The largest absolute Gasteiger partial charge is 0.435 e. The summed E-state index contributed by atoms with van der Waals surface area (Å²) >= 11 is 0. The lowest BCUT2D eigenvalue weighted by atomic mass is 10.1. The molecule has 0 bridgehead atoms. The Hall–Kier alpha value is -3.74. The van der Waals surface area contributed by atoms with E-state index in [1.54, 1.807) is 12.1 Å². The minimum atomic E-state index is -2.87. The predicted molar refractivity (Wildman–Crippen MR) is 107 cm³/mol. The van der Waals surface area contributed by atoms with Crippen molar-refractivity contribution in [2.45, 2.75) is 6.61 Å². The molecule has 0 saturated heterocycles. The minimum Gasteiger partial charge on any atom is -0.435 e. The van der Waals surface area contributed by atoms with Crippen LogP contribution in [0.3, 0.4) is 0 Å². The molecule has 3 aromatic rings. The molecular weight excluding hydrogens is 378 g/mol. The maximum atomic E-state index is 12.1. The van der Waals surface area contributed by atoms with E-state index < -0.39 is 6.61 Å². The minimum absolute atomic E-state index is 0.0516. The number of ether oxygens (including phenoxy) is 1. The number of hydrogen-bond donors (Lipinski definition) is 1. The smallest absolute Gasteiger partial charge is 0.387 e. The molecule has 0 unspecified atom stereocenters. The van der Waals surface area contributed by atoms with E-state index in [1.165, 1.54) is 18.3 Å². The van der Waals surface area contributed by atoms with Crippen molar-refractivity contribution < 1.29 is 23.1 Å².